The minimum absolute atomic E-state index is 0.0785. The molecule has 0 bridgehead atoms. The number of anilines is 3. The number of nitrogens with zero attached hydrogens (tertiary/aromatic N) is 3. The SMILES string of the molecule is O=[N+]([O-])c1c(Nc2ccc(C(F)(F)F)cc2)ncnc1NC1CCCC1. The summed E-state index contributed by atoms with van der Waals surface area (Å²) in [7, 11) is 0. The zero-order valence-electron chi connectivity index (χ0n) is 13.6. The van der Waals surface area contributed by atoms with E-state index in [0.29, 0.717) is 0 Å². The molecule has 1 aliphatic rings. The number of alkyl halides is 3. The minimum Gasteiger partial charge on any atom is -0.361 e. The van der Waals surface area contributed by atoms with E-state index < -0.39 is 16.7 Å². The third-order valence-electron chi connectivity index (χ3n) is 4.18. The summed E-state index contributed by atoms with van der Waals surface area (Å²) in [6, 6.07) is 4.29. The summed E-state index contributed by atoms with van der Waals surface area (Å²) in [6.45, 7) is 0. The van der Waals surface area contributed by atoms with Crippen LogP contribution in [-0.4, -0.2) is 20.9 Å². The molecule has 1 aliphatic carbocycles. The second-order valence-corrected chi connectivity index (χ2v) is 6.00. The molecule has 0 unspecified atom stereocenters. The Morgan fingerprint density at radius 2 is 1.69 bits per heavy atom. The fourth-order valence-corrected chi connectivity index (χ4v) is 2.89. The fourth-order valence-electron chi connectivity index (χ4n) is 2.89. The van der Waals surface area contributed by atoms with Crippen molar-refractivity contribution < 1.29 is 18.1 Å². The molecule has 2 aromatic rings. The van der Waals surface area contributed by atoms with Crippen LogP contribution in [0.3, 0.4) is 0 Å². The van der Waals surface area contributed by atoms with Crippen LogP contribution < -0.4 is 10.6 Å². The maximum Gasteiger partial charge on any atom is 0.416 e. The molecule has 3 rings (SSSR count). The van der Waals surface area contributed by atoms with E-state index in [9.17, 15) is 23.3 Å². The van der Waals surface area contributed by atoms with E-state index in [4.69, 9.17) is 0 Å². The van der Waals surface area contributed by atoms with Gasteiger partial charge in [0.15, 0.2) is 0 Å². The Morgan fingerprint density at radius 3 is 2.27 bits per heavy atom. The maximum atomic E-state index is 12.6. The number of halogens is 3. The number of rotatable bonds is 5. The predicted molar refractivity (Wildman–Crippen MR) is 89.3 cm³/mol. The minimum atomic E-state index is -4.45. The zero-order chi connectivity index (χ0) is 18.7. The molecule has 0 atom stereocenters. The van der Waals surface area contributed by atoms with Gasteiger partial charge in [-0.1, -0.05) is 12.8 Å². The Morgan fingerprint density at radius 1 is 1.08 bits per heavy atom. The van der Waals surface area contributed by atoms with Crippen LogP contribution in [0.4, 0.5) is 36.2 Å². The van der Waals surface area contributed by atoms with Crippen molar-refractivity contribution in [1.29, 1.82) is 0 Å². The molecular formula is C16H16F3N5O2. The summed E-state index contributed by atoms with van der Waals surface area (Å²) in [5.41, 5.74) is -0.880. The number of nitrogens with one attached hydrogen (secondary N) is 2. The largest absolute Gasteiger partial charge is 0.416 e. The van der Waals surface area contributed by atoms with Crippen LogP contribution in [-0.2, 0) is 6.18 Å². The lowest BCUT2D eigenvalue weighted by atomic mass is 10.2. The molecule has 2 N–H and O–H groups in total. The van der Waals surface area contributed by atoms with Crippen molar-refractivity contribution in [2.24, 2.45) is 0 Å². The van der Waals surface area contributed by atoms with Gasteiger partial charge in [-0.15, -0.1) is 0 Å². The van der Waals surface area contributed by atoms with Gasteiger partial charge < -0.3 is 10.6 Å². The molecule has 0 saturated heterocycles. The first-order chi connectivity index (χ1) is 12.3. The van der Waals surface area contributed by atoms with Crippen LogP contribution in [0, 0.1) is 10.1 Å². The van der Waals surface area contributed by atoms with Crippen molar-refractivity contribution in [3.63, 3.8) is 0 Å². The molecule has 0 spiro atoms. The number of hydrogen-bond acceptors (Lipinski definition) is 6. The van der Waals surface area contributed by atoms with E-state index in [2.05, 4.69) is 20.6 Å². The molecule has 0 radical (unpaired) electrons. The average molecular weight is 367 g/mol. The van der Waals surface area contributed by atoms with Crippen molar-refractivity contribution in [2.45, 2.75) is 37.9 Å². The number of benzene rings is 1. The molecule has 0 aliphatic heterocycles. The lowest BCUT2D eigenvalue weighted by Gasteiger charge is -2.14. The molecule has 26 heavy (non-hydrogen) atoms. The third kappa shape index (κ3) is 4.01. The molecule has 1 heterocycles. The maximum absolute atomic E-state index is 12.6. The molecule has 1 saturated carbocycles. The quantitative estimate of drug-likeness (QED) is 0.597. The van der Waals surface area contributed by atoms with Crippen LogP contribution in [0.5, 0.6) is 0 Å². The van der Waals surface area contributed by atoms with Gasteiger partial charge in [0.25, 0.3) is 0 Å². The molecule has 1 fully saturated rings. The Kier molecular flexibility index (Phi) is 4.92. The van der Waals surface area contributed by atoms with Crippen LogP contribution in [0.2, 0.25) is 0 Å². The Balaban J connectivity index is 1.86. The van der Waals surface area contributed by atoms with Crippen molar-refractivity contribution >= 4 is 23.0 Å². The Labute approximate surface area is 146 Å². The number of nitro groups is 1. The van der Waals surface area contributed by atoms with E-state index in [1.165, 1.54) is 18.5 Å². The van der Waals surface area contributed by atoms with Crippen molar-refractivity contribution in [3.05, 3.63) is 46.3 Å². The van der Waals surface area contributed by atoms with Gasteiger partial charge in [0, 0.05) is 11.7 Å². The van der Waals surface area contributed by atoms with Crippen LogP contribution in [0.1, 0.15) is 31.2 Å². The van der Waals surface area contributed by atoms with Gasteiger partial charge in [0.2, 0.25) is 11.6 Å². The lowest BCUT2D eigenvalue weighted by molar-refractivity contribution is -0.383. The molecule has 138 valence electrons. The van der Waals surface area contributed by atoms with Crippen molar-refractivity contribution in [3.8, 4) is 0 Å². The molecule has 7 nitrogen and oxygen atoms in total. The van der Waals surface area contributed by atoms with Crippen LogP contribution in [0.15, 0.2) is 30.6 Å². The van der Waals surface area contributed by atoms with Crippen molar-refractivity contribution in [2.75, 3.05) is 10.6 Å². The van der Waals surface area contributed by atoms with Gasteiger partial charge in [-0.2, -0.15) is 13.2 Å². The average Bonchev–Trinajstić information content (AvgIpc) is 3.07. The normalized spacial score (nSPS) is 15.0. The van der Waals surface area contributed by atoms with Gasteiger partial charge in [0.1, 0.15) is 6.33 Å². The molecule has 0 amide bonds. The monoisotopic (exact) mass is 367 g/mol. The summed E-state index contributed by atoms with van der Waals surface area (Å²) < 4.78 is 37.9. The van der Waals surface area contributed by atoms with E-state index in [1.54, 1.807) is 0 Å². The number of hydrogen-bond donors (Lipinski definition) is 2. The number of aromatic nitrogens is 2. The van der Waals surface area contributed by atoms with Crippen LogP contribution in [0.25, 0.3) is 0 Å². The fraction of sp³-hybridized carbons (Fsp3) is 0.375. The van der Waals surface area contributed by atoms with E-state index >= 15 is 0 Å². The summed E-state index contributed by atoms with van der Waals surface area (Å²) in [4.78, 5) is 18.7. The molecule has 1 aromatic carbocycles. The second kappa shape index (κ2) is 7.14. The summed E-state index contributed by atoms with van der Waals surface area (Å²) in [5.74, 6) is 0.0246. The van der Waals surface area contributed by atoms with Crippen molar-refractivity contribution in [1.82, 2.24) is 9.97 Å². The summed E-state index contributed by atoms with van der Waals surface area (Å²) in [6.07, 6.45) is 0.639. The first-order valence-corrected chi connectivity index (χ1v) is 8.05. The van der Waals surface area contributed by atoms with Crippen LogP contribution >= 0.6 is 0 Å². The highest BCUT2D eigenvalue weighted by Crippen LogP contribution is 2.34. The summed E-state index contributed by atoms with van der Waals surface area (Å²) >= 11 is 0. The van der Waals surface area contributed by atoms with E-state index in [0.717, 1.165) is 37.8 Å². The molecule has 1 aromatic heterocycles. The smallest absolute Gasteiger partial charge is 0.361 e. The first kappa shape index (κ1) is 17.9. The van der Waals surface area contributed by atoms with Gasteiger partial charge in [0.05, 0.1) is 10.5 Å². The Hall–Kier alpha value is -2.91. The van der Waals surface area contributed by atoms with E-state index in [1.807, 2.05) is 0 Å². The van der Waals surface area contributed by atoms with Gasteiger partial charge in [-0.25, -0.2) is 9.97 Å². The second-order valence-electron chi connectivity index (χ2n) is 6.00. The highest BCUT2D eigenvalue weighted by atomic mass is 19.4. The van der Waals surface area contributed by atoms with Gasteiger partial charge in [-0.3, -0.25) is 10.1 Å². The summed E-state index contributed by atoms with van der Waals surface area (Å²) in [5, 5.41) is 17.3. The van der Waals surface area contributed by atoms with Gasteiger partial charge >= 0.3 is 11.9 Å². The lowest BCUT2D eigenvalue weighted by Crippen LogP contribution is -2.17. The predicted octanol–water partition coefficient (Wildman–Crippen LogP) is 4.50. The first-order valence-electron chi connectivity index (χ1n) is 8.05. The topological polar surface area (TPSA) is 93.0 Å². The molecular weight excluding hydrogens is 351 g/mol. The molecule has 10 heteroatoms. The highest BCUT2D eigenvalue weighted by molar-refractivity contribution is 5.73. The Bertz CT molecular complexity index is 789. The van der Waals surface area contributed by atoms with Gasteiger partial charge in [-0.05, 0) is 37.1 Å². The third-order valence-corrected chi connectivity index (χ3v) is 4.18. The van der Waals surface area contributed by atoms with E-state index in [-0.39, 0.29) is 29.1 Å². The standard InChI is InChI=1S/C16H16F3N5O2/c17-16(18,19)10-5-7-12(8-6-10)23-15-13(24(25)26)14(20-9-21-15)22-11-3-1-2-4-11/h5-9,11H,1-4H2,(H2,20,21,22,23). The highest BCUT2D eigenvalue weighted by Gasteiger charge is 2.30. The zero-order valence-corrected chi connectivity index (χ0v) is 13.6.